The summed E-state index contributed by atoms with van der Waals surface area (Å²) in [6, 6.07) is 90.6. The van der Waals surface area contributed by atoms with Crippen LogP contribution in [0, 0.1) is 0 Å². The number of hydrogen-bond acceptors (Lipinski definition) is 0. The van der Waals surface area contributed by atoms with Crippen LogP contribution in [0.15, 0.2) is 243 Å². The third-order valence-electron chi connectivity index (χ3n) is 16.8. The van der Waals surface area contributed by atoms with E-state index in [1.807, 2.05) is 0 Å². The fourth-order valence-electron chi connectivity index (χ4n) is 13.3. The van der Waals surface area contributed by atoms with Crippen LogP contribution in [-0.2, 0) is 11.8 Å². The molecule has 0 atom stereocenters. The Labute approximate surface area is 435 Å². The molecule has 2 aliphatic rings. The Morgan fingerprint density at radius 1 is 0.293 bits per heavy atom. The van der Waals surface area contributed by atoms with E-state index in [-0.39, 0.29) is 5.41 Å². The maximum Gasteiger partial charge on any atom is 0.0541 e. The lowest BCUT2D eigenvalue weighted by molar-refractivity contribution is 0.626. The number of para-hydroxylation sites is 2. The average Bonchev–Trinajstić information content (AvgIpc) is 4.34. The molecule has 2 aromatic heterocycles. The van der Waals surface area contributed by atoms with E-state index in [1.165, 1.54) is 143 Å². The van der Waals surface area contributed by atoms with Gasteiger partial charge in [0.1, 0.15) is 0 Å². The first-order valence-corrected chi connectivity index (χ1v) is 26.3. The average molecular weight is 953 g/mol. The lowest BCUT2D eigenvalue weighted by Crippen LogP contribution is -2.23. The zero-order chi connectivity index (χ0) is 49.2. The molecule has 2 heteroatoms. The third kappa shape index (κ3) is 6.46. The van der Waals surface area contributed by atoms with Gasteiger partial charge in [0.15, 0.2) is 0 Å². The summed E-state index contributed by atoms with van der Waals surface area (Å²) < 4.78 is 4.83. The molecule has 16 rings (SSSR count). The molecular weight excluding hydrogens is 905 g/mol. The van der Waals surface area contributed by atoms with Crippen molar-refractivity contribution in [2.75, 3.05) is 0 Å². The van der Waals surface area contributed by atoms with E-state index in [0.29, 0.717) is 0 Å². The summed E-state index contributed by atoms with van der Waals surface area (Å²) in [6.45, 7) is 0. The number of aryl methyl sites for hydroxylation is 1. The summed E-state index contributed by atoms with van der Waals surface area (Å²) in [5, 5.41) is 12.6. The minimum atomic E-state index is -0.259. The Morgan fingerprint density at radius 2 is 0.693 bits per heavy atom. The topological polar surface area (TPSA) is 9.86 Å². The molecule has 0 bridgehead atoms. The van der Waals surface area contributed by atoms with Crippen LogP contribution in [0.4, 0.5) is 0 Å². The molecule has 2 aliphatic carbocycles. The standard InChI is InChI=1S/C73H48N2/c1-3-14-54-44-58(31-29-51(54)11-1)74-69-19-9-7-17-62(69)64-39-47(27-35-71(64)74)21-23-49-25-33-60-61-34-26-50(42-68(61)73(67(60)41-49)38-37-57-43-53-13-5-6-16-56(53)46-66(57)73)24-22-48-28-36-72-65(40-48)63-18-8-10-20-70(63)75(72)59-32-30-52-12-2-4-15-55(52)45-59/h1-36,39-46H,37-38H2/b23-21+,24-22+. The van der Waals surface area contributed by atoms with E-state index >= 15 is 0 Å². The van der Waals surface area contributed by atoms with Gasteiger partial charge in [0.05, 0.1) is 22.1 Å². The largest absolute Gasteiger partial charge is 0.309 e. The van der Waals surface area contributed by atoms with Gasteiger partial charge in [-0.3, -0.25) is 0 Å². The number of benzene rings is 12. The fraction of sp³-hybridized carbons (Fsp3) is 0.0411. The lowest BCUT2D eigenvalue weighted by Gasteiger charge is -2.29. The van der Waals surface area contributed by atoms with Crippen LogP contribution < -0.4 is 0 Å². The van der Waals surface area contributed by atoms with Gasteiger partial charge in [-0.1, -0.05) is 188 Å². The summed E-state index contributed by atoms with van der Waals surface area (Å²) in [5.41, 5.74) is 20.2. The van der Waals surface area contributed by atoms with Crippen LogP contribution in [0.5, 0.6) is 0 Å². The van der Waals surface area contributed by atoms with E-state index in [1.54, 1.807) is 0 Å². The number of rotatable bonds is 6. The molecule has 0 N–H and O–H groups in total. The molecule has 0 fully saturated rings. The minimum absolute atomic E-state index is 0.259. The molecule has 0 radical (unpaired) electrons. The Morgan fingerprint density at radius 3 is 1.20 bits per heavy atom. The highest BCUT2D eigenvalue weighted by Crippen LogP contribution is 2.59. The molecule has 0 saturated heterocycles. The van der Waals surface area contributed by atoms with Gasteiger partial charge < -0.3 is 9.13 Å². The first-order chi connectivity index (χ1) is 37.1. The van der Waals surface area contributed by atoms with Crippen LogP contribution in [0.25, 0.3) is 123 Å². The predicted molar refractivity (Wildman–Crippen MR) is 318 cm³/mol. The third-order valence-corrected chi connectivity index (χ3v) is 16.8. The Hall–Kier alpha value is -9.50. The van der Waals surface area contributed by atoms with Crippen LogP contribution in [0.3, 0.4) is 0 Å². The SMILES string of the molecule is C(=C\c1ccc2c(c1)c1ccccc1n2-c1ccc2ccccc2c1)/c1ccc2c(c1)C1(CCc3cc4ccccc4cc31)c1cc(/C=C/c3ccc4c(c3)c3ccccc3n4-c3ccc4ccccc4c3)ccc1-2. The van der Waals surface area contributed by atoms with E-state index in [0.717, 1.165) is 12.8 Å². The molecule has 75 heavy (non-hydrogen) atoms. The number of nitrogens with zero attached hydrogens (tertiary/aromatic N) is 2. The number of fused-ring (bicyclic) bond motifs is 16. The fourth-order valence-corrected chi connectivity index (χ4v) is 13.3. The van der Waals surface area contributed by atoms with Crippen LogP contribution in [-0.4, -0.2) is 9.13 Å². The van der Waals surface area contributed by atoms with Gasteiger partial charge in [0.2, 0.25) is 0 Å². The second kappa shape index (κ2) is 16.3. The van der Waals surface area contributed by atoms with Crippen molar-refractivity contribution in [1.82, 2.24) is 9.13 Å². The first-order valence-electron chi connectivity index (χ1n) is 26.3. The highest BCUT2D eigenvalue weighted by molar-refractivity contribution is 6.11. The second-order valence-corrected chi connectivity index (χ2v) is 20.9. The van der Waals surface area contributed by atoms with Crippen molar-refractivity contribution in [2.24, 2.45) is 0 Å². The quantitative estimate of drug-likeness (QED) is 0.147. The zero-order valence-electron chi connectivity index (χ0n) is 41.2. The summed E-state index contributed by atoms with van der Waals surface area (Å²) in [6.07, 6.45) is 11.3. The van der Waals surface area contributed by atoms with Crippen molar-refractivity contribution < 1.29 is 0 Å². The first kappa shape index (κ1) is 42.1. The van der Waals surface area contributed by atoms with Crippen LogP contribution in [0.1, 0.15) is 50.9 Å². The van der Waals surface area contributed by atoms with E-state index in [4.69, 9.17) is 0 Å². The van der Waals surface area contributed by atoms with Crippen molar-refractivity contribution in [1.29, 1.82) is 0 Å². The molecule has 2 nitrogen and oxygen atoms in total. The molecule has 1 spiro atoms. The maximum atomic E-state index is 2.51. The second-order valence-electron chi connectivity index (χ2n) is 20.9. The molecule has 350 valence electrons. The van der Waals surface area contributed by atoms with E-state index in [9.17, 15) is 0 Å². The van der Waals surface area contributed by atoms with Gasteiger partial charge in [-0.05, 0) is 180 Å². The summed E-state index contributed by atoms with van der Waals surface area (Å²) in [7, 11) is 0. The molecule has 2 heterocycles. The minimum Gasteiger partial charge on any atom is -0.309 e. The Balaban J connectivity index is 0.773. The summed E-state index contributed by atoms with van der Waals surface area (Å²) >= 11 is 0. The number of aromatic nitrogens is 2. The van der Waals surface area contributed by atoms with E-state index in [2.05, 4.69) is 276 Å². The van der Waals surface area contributed by atoms with Gasteiger partial charge in [0.25, 0.3) is 0 Å². The monoisotopic (exact) mass is 952 g/mol. The molecular formula is C73H48N2. The lowest BCUT2D eigenvalue weighted by atomic mass is 9.72. The van der Waals surface area contributed by atoms with Gasteiger partial charge in [-0.15, -0.1) is 0 Å². The summed E-state index contributed by atoms with van der Waals surface area (Å²) in [4.78, 5) is 0. The van der Waals surface area contributed by atoms with Gasteiger partial charge in [0, 0.05) is 38.3 Å². The molecule has 0 saturated carbocycles. The van der Waals surface area contributed by atoms with Crippen molar-refractivity contribution in [3.63, 3.8) is 0 Å². The maximum absolute atomic E-state index is 2.51. The van der Waals surface area contributed by atoms with Crippen molar-refractivity contribution in [3.05, 3.63) is 287 Å². The van der Waals surface area contributed by atoms with Gasteiger partial charge in [-0.2, -0.15) is 0 Å². The van der Waals surface area contributed by atoms with Gasteiger partial charge >= 0.3 is 0 Å². The van der Waals surface area contributed by atoms with Crippen LogP contribution in [0.2, 0.25) is 0 Å². The van der Waals surface area contributed by atoms with Crippen molar-refractivity contribution in [3.8, 4) is 22.5 Å². The van der Waals surface area contributed by atoms with Gasteiger partial charge in [-0.25, -0.2) is 0 Å². The predicted octanol–water partition coefficient (Wildman–Crippen LogP) is 18.9. The molecule has 14 aromatic rings. The van der Waals surface area contributed by atoms with E-state index < -0.39 is 0 Å². The van der Waals surface area contributed by atoms with Crippen molar-refractivity contribution >= 4 is 100 Å². The summed E-state index contributed by atoms with van der Waals surface area (Å²) in [5.74, 6) is 0. The highest BCUT2D eigenvalue weighted by atomic mass is 15.0. The van der Waals surface area contributed by atoms with Crippen LogP contribution >= 0.6 is 0 Å². The number of hydrogen-bond donors (Lipinski definition) is 0. The molecule has 0 aliphatic heterocycles. The Kier molecular flexibility index (Phi) is 9.11. The normalized spacial score (nSPS) is 13.8. The Bertz CT molecular complexity index is 4530. The van der Waals surface area contributed by atoms with Crippen molar-refractivity contribution in [2.45, 2.75) is 18.3 Å². The molecule has 12 aromatic carbocycles. The molecule has 0 unspecified atom stereocenters. The molecule has 0 amide bonds. The zero-order valence-corrected chi connectivity index (χ0v) is 41.2. The highest BCUT2D eigenvalue weighted by Gasteiger charge is 2.48. The smallest absolute Gasteiger partial charge is 0.0541 e.